The summed E-state index contributed by atoms with van der Waals surface area (Å²) in [6, 6.07) is 7.96. The van der Waals surface area contributed by atoms with Gasteiger partial charge in [-0.3, -0.25) is 9.69 Å². The van der Waals surface area contributed by atoms with Crippen LogP contribution in [0.15, 0.2) is 29.6 Å². The third-order valence-electron chi connectivity index (χ3n) is 3.37. The van der Waals surface area contributed by atoms with Gasteiger partial charge in [-0.25, -0.2) is 4.98 Å². The molecule has 1 aromatic heterocycles. The molecule has 5 heteroatoms. The first-order valence-corrected chi connectivity index (χ1v) is 8.32. The van der Waals surface area contributed by atoms with Gasteiger partial charge in [-0.1, -0.05) is 32.0 Å². The van der Waals surface area contributed by atoms with E-state index >= 15 is 0 Å². The van der Waals surface area contributed by atoms with Crippen LogP contribution in [0.5, 0.6) is 0 Å². The van der Waals surface area contributed by atoms with Crippen molar-refractivity contribution in [1.29, 1.82) is 0 Å². The maximum absolute atomic E-state index is 12.2. The predicted octanol–water partition coefficient (Wildman–Crippen LogP) is 3.65. The van der Waals surface area contributed by atoms with Crippen LogP contribution in [0.2, 0.25) is 0 Å². The van der Waals surface area contributed by atoms with Crippen LogP contribution in [0.25, 0.3) is 0 Å². The highest BCUT2D eigenvalue weighted by atomic mass is 32.1. The molecular formula is C17H23N3OS. The molecule has 22 heavy (non-hydrogen) atoms. The zero-order chi connectivity index (χ0) is 16.1. The zero-order valence-corrected chi connectivity index (χ0v) is 14.4. The number of hydrogen-bond donors (Lipinski definition) is 1. The highest BCUT2D eigenvalue weighted by Gasteiger charge is 2.12. The van der Waals surface area contributed by atoms with Crippen molar-refractivity contribution < 1.29 is 4.79 Å². The van der Waals surface area contributed by atoms with E-state index < -0.39 is 0 Å². The number of carbonyl (C=O) groups is 1. The molecule has 0 saturated heterocycles. The molecule has 0 unspecified atom stereocenters. The predicted molar refractivity (Wildman–Crippen MR) is 92.3 cm³/mol. The quantitative estimate of drug-likeness (QED) is 0.884. The molecule has 0 spiro atoms. The van der Waals surface area contributed by atoms with Crippen molar-refractivity contribution >= 4 is 22.9 Å². The summed E-state index contributed by atoms with van der Waals surface area (Å²) in [6.45, 7) is 7.28. The number of aryl methyl sites for hydroxylation is 1. The van der Waals surface area contributed by atoms with Gasteiger partial charge in [0.2, 0.25) is 5.91 Å². The number of likely N-dealkylation sites (N-methyl/N-ethyl adjacent to an activating group) is 1. The van der Waals surface area contributed by atoms with Gasteiger partial charge in [-0.15, -0.1) is 11.3 Å². The molecule has 0 fully saturated rings. The van der Waals surface area contributed by atoms with Crippen LogP contribution >= 0.6 is 11.3 Å². The highest BCUT2D eigenvalue weighted by molar-refractivity contribution is 7.09. The summed E-state index contributed by atoms with van der Waals surface area (Å²) in [5.41, 5.74) is 3.08. The Balaban J connectivity index is 1.92. The van der Waals surface area contributed by atoms with E-state index in [1.807, 2.05) is 42.5 Å². The molecule has 1 N–H and O–H groups in total. The number of aromatic nitrogens is 1. The average molecular weight is 317 g/mol. The van der Waals surface area contributed by atoms with Crippen molar-refractivity contribution in [3.8, 4) is 0 Å². The van der Waals surface area contributed by atoms with Crippen molar-refractivity contribution in [2.45, 2.75) is 33.2 Å². The maximum Gasteiger partial charge on any atom is 0.238 e. The Hall–Kier alpha value is -1.72. The molecule has 0 bridgehead atoms. The van der Waals surface area contributed by atoms with E-state index in [9.17, 15) is 4.79 Å². The summed E-state index contributed by atoms with van der Waals surface area (Å²) < 4.78 is 0. The average Bonchev–Trinajstić information content (AvgIpc) is 2.83. The fourth-order valence-electron chi connectivity index (χ4n) is 2.36. The molecule has 0 saturated carbocycles. The number of carbonyl (C=O) groups excluding carboxylic acids is 1. The van der Waals surface area contributed by atoms with Gasteiger partial charge in [0.05, 0.1) is 17.2 Å². The van der Waals surface area contributed by atoms with E-state index in [4.69, 9.17) is 0 Å². The Kier molecular flexibility index (Phi) is 5.69. The number of rotatable bonds is 6. The molecule has 4 nitrogen and oxygen atoms in total. The molecule has 2 aromatic rings. The Morgan fingerprint density at radius 1 is 1.36 bits per heavy atom. The summed E-state index contributed by atoms with van der Waals surface area (Å²) in [7, 11) is 1.93. The van der Waals surface area contributed by atoms with Gasteiger partial charge >= 0.3 is 0 Å². The first-order chi connectivity index (χ1) is 10.5. The van der Waals surface area contributed by atoms with Crippen molar-refractivity contribution in [3.63, 3.8) is 0 Å². The summed E-state index contributed by atoms with van der Waals surface area (Å²) in [5.74, 6) is 0.384. The summed E-state index contributed by atoms with van der Waals surface area (Å²) in [5, 5.41) is 6.11. The molecule has 0 radical (unpaired) electrons. The lowest BCUT2D eigenvalue weighted by Gasteiger charge is -2.17. The third kappa shape index (κ3) is 4.64. The number of para-hydroxylation sites is 1. The number of benzene rings is 1. The van der Waals surface area contributed by atoms with Gasteiger partial charge in [0, 0.05) is 17.6 Å². The van der Waals surface area contributed by atoms with Crippen LogP contribution in [-0.2, 0) is 11.3 Å². The highest BCUT2D eigenvalue weighted by Crippen LogP contribution is 2.23. The van der Waals surface area contributed by atoms with Crippen LogP contribution in [-0.4, -0.2) is 29.4 Å². The van der Waals surface area contributed by atoms with Crippen molar-refractivity contribution in [3.05, 3.63) is 45.9 Å². The standard InChI is InChI=1S/C17H23N3OS/c1-12(2)15-7-5-6-8-16(15)19-17(21)10-20(4)9-14-11-22-13(3)18-14/h5-8,11-12H,9-10H2,1-4H3,(H,19,21). The number of nitrogens with one attached hydrogen (secondary N) is 1. The molecule has 2 rings (SSSR count). The number of anilines is 1. The van der Waals surface area contributed by atoms with Gasteiger partial charge in [0.1, 0.15) is 0 Å². The summed E-state index contributed by atoms with van der Waals surface area (Å²) in [6.07, 6.45) is 0. The van der Waals surface area contributed by atoms with Crippen molar-refractivity contribution in [2.75, 3.05) is 18.9 Å². The monoisotopic (exact) mass is 317 g/mol. The minimum Gasteiger partial charge on any atom is -0.325 e. The van der Waals surface area contributed by atoms with Crippen LogP contribution in [0, 0.1) is 6.92 Å². The largest absolute Gasteiger partial charge is 0.325 e. The number of hydrogen-bond acceptors (Lipinski definition) is 4. The lowest BCUT2D eigenvalue weighted by molar-refractivity contribution is -0.117. The molecular weight excluding hydrogens is 294 g/mol. The number of thiazole rings is 1. The van der Waals surface area contributed by atoms with E-state index in [0.29, 0.717) is 19.0 Å². The number of nitrogens with zero attached hydrogens (tertiary/aromatic N) is 2. The second-order valence-corrected chi connectivity index (χ2v) is 6.88. The second kappa shape index (κ2) is 7.51. The minimum atomic E-state index is 0.00236. The molecule has 0 aliphatic carbocycles. The van der Waals surface area contributed by atoms with E-state index in [1.54, 1.807) is 11.3 Å². The molecule has 1 amide bonds. The molecule has 0 aliphatic rings. The lowest BCUT2D eigenvalue weighted by Crippen LogP contribution is -2.30. The maximum atomic E-state index is 12.2. The Bertz CT molecular complexity index is 636. The van der Waals surface area contributed by atoms with Crippen LogP contribution in [0.3, 0.4) is 0 Å². The first-order valence-electron chi connectivity index (χ1n) is 7.44. The Labute approximate surface area is 136 Å². The Morgan fingerprint density at radius 3 is 2.73 bits per heavy atom. The minimum absolute atomic E-state index is 0.00236. The summed E-state index contributed by atoms with van der Waals surface area (Å²) >= 11 is 1.63. The van der Waals surface area contributed by atoms with E-state index in [2.05, 4.69) is 30.2 Å². The zero-order valence-electron chi connectivity index (χ0n) is 13.6. The molecule has 118 valence electrons. The lowest BCUT2D eigenvalue weighted by atomic mass is 10.0. The number of amides is 1. The fraction of sp³-hybridized carbons (Fsp3) is 0.412. The van der Waals surface area contributed by atoms with Crippen LogP contribution in [0.4, 0.5) is 5.69 Å². The van der Waals surface area contributed by atoms with Gasteiger partial charge in [-0.05, 0) is 31.5 Å². The van der Waals surface area contributed by atoms with Gasteiger partial charge < -0.3 is 5.32 Å². The topological polar surface area (TPSA) is 45.2 Å². The van der Waals surface area contributed by atoms with Crippen molar-refractivity contribution in [2.24, 2.45) is 0 Å². The van der Waals surface area contributed by atoms with Crippen molar-refractivity contribution in [1.82, 2.24) is 9.88 Å². The third-order valence-corrected chi connectivity index (χ3v) is 4.19. The van der Waals surface area contributed by atoms with Gasteiger partial charge in [0.15, 0.2) is 0 Å². The summed E-state index contributed by atoms with van der Waals surface area (Å²) in [4.78, 5) is 18.6. The van der Waals surface area contributed by atoms with E-state index in [-0.39, 0.29) is 5.91 Å². The first kappa shape index (κ1) is 16.6. The smallest absolute Gasteiger partial charge is 0.238 e. The fourth-order valence-corrected chi connectivity index (χ4v) is 2.97. The van der Waals surface area contributed by atoms with Crippen LogP contribution < -0.4 is 5.32 Å². The molecule has 1 heterocycles. The Morgan fingerprint density at radius 2 is 2.09 bits per heavy atom. The van der Waals surface area contributed by atoms with E-state index in [0.717, 1.165) is 22.0 Å². The normalized spacial score (nSPS) is 11.2. The van der Waals surface area contributed by atoms with E-state index in [1.165, 1.54) is 0 Å². The molecule has 0 aliphatic heterocycles. The SMILES string of the molecule is Cc1nc(CN(C)CC(=O)Nc2ccccc2C(C)C)cs1. The second-order valence-electron chi connectivity index (χ2n) is 5.82. The van der Waals surface area contributed by atoms with Gasteiger partial charge in [-0.2, -0.15) is 0 Å². The van der Waals surface area contributed by atoms with Gasteiger partial charge in [0.25, 0.3) is 0 Å². The molecule has 1 aromatic carbocycles. The van der Waals surface area contributed by atoms with Crippen LogP contribution in [0.1, 0.15) is 36.0 Å². The molecule has 0 atom stereocenters.